The molecule has 0 spiro atoms. The summed E-state index contributed by atoms with van der Waals surface area (Å²) < 4.78 is 11.0. The molecular weight excluding hydrogens is 256 g/mol. The Morgan fingerprint density at radius 3 is 2.40 bits per heavy atom. The van der Waals surface area contributed by atoms with Gasteiger partial charge < -0.3 is 14.4 Å². The lowest BCUT2D eigenvalue weighted by Crippen LogP contribution is -2.36. The van der Waals surface area contributed by atoms with Crippen LogP contribution in [0.5, 0.6) is 5.75 Å². The van der Waals surface area contributed by atoms with Crippen LogP contribution in [0.1, 0.15) is 0 Å². The van der Waals surface area contributed by atoms with Gasteiger partial charge >= 0.3 is 0 Å². The summed E-state index contributed by atoms with van der Waals surface area (Å²) in [5.74, 6) is 0.949. The Labute approximate surface area is 121 Å². The second-order valence-corrected chi connectivity index (χ2v) is 4.80. The highest BCUT2D eigenvalue weighted by Crippen LogP contribution is 2.07. The average Bonchev–Trinajstić information content (AvgIpc) is 2.43. The molecule has 0 radical (unpaired) electrons. The Bertz CT molecular complexity index is 382. The molecule has 0 saturated carbocycles. The van der Waals surface area contributed by atoms with Crippen molar-refractivity contribution in [1.29, 1.82) is 0 Å². The van der Waals surface area contributed by atoms with Crippen molar-refractivity contribution in [3.63, 3.8) is 0 Å². The number of carbonyl (C=O) groups excluding carboxylic acids is 1. The maximum Gasteiger partial charge on any atom is 0.236 e. The summed E-state index contributed by atoms with van der Waals surface area (Å²) in [6.45, 7) is 2.81. The third kappa shape index (κ3) is 7.11. The highest BCUT2D eigenvalue weighted by Gasteiger charge is 2.07. The molecule has 0 aliphatic carbocycles. The van der Waals surface area contributed by atoms with Gasteiger partial charge in [-0.15, -0.1) is 0 Å². The zero-order chi connectivity index (χ0) is 14.8. The first-order chi connectivity index (χ1) is 9.59. The fraction of sp³-hybridized carbons (Fsp3) is 0.533. The molecule has 5 nitrogen and oxygen atoms in total. The molecule has 0 aliphatic heterocycles. The van der Waals surface area contributed by atoms with Crippen LogP contribution >= 0.6 is 0 Å². The van der Waals surface area contributed by atoms with E-state index >= 15 is 0 Å². The minimum atomic E-state index is 0.0971. The van der Waals surface area contributed by atoms with Gasteiger partial charge in [-0.05, 0) is 19.2 Å². The van der Waals surface area contributed by atoms with Crippen LogP contribution in [0.3, 0.4) is 0 Å². The van der Waals surface area contributed by atoms with Crippen molar-refractivity contribution in [3.8, 4) is 5.75 Å². The van der Waals surface area contributed by atoms with Crippen LogP contribution in [0.2, 0.25) is 0 Å². The molecule has 1 aromatic carbocycles. The normalized spacial score (nSPS) is 10.6. The van der Waals surface area contributed by atoms with E-state index in [0.717, 1.165) is 12.3 Å². The second kappa shape index (κ2) is 9.34. The molecule has 0 atom stereocenters. The largest absolute Gasteiger partial charge is 0.491 e. The van der Waals surface area contributed by atoms with Crippen molar-refractivity contribution in [2.24, 2.45) is 0 Å². The molecule has 0 aromatic heterocycles. The number of nitrogens with zero attached hydrogens (tertiary/aromatic N) is 2. The summed E-state index contributed by atoms with van der Waals surface area (Å²) in [5, 5.41) is 0. The lowest BCUT2D eigenvalue weighted by molar-refractivity contribution is -0.129. The number of amides is 1. The monoisotopic (exact) mass is 280 g/mol. The van der Waals surface area contributed by atoms with Gasteiger partial charge in [-0.1, -0.05) is 18.2 Å². The molecule has 0 heterocycles. The summed E-state index contributed by atoms with van der Waals surface area (Å²) in [6, 6.07) is 9.66. The van der Waals surface area contributed by atoms with Gasteiger partial charge in [0, 0.05) is 20.6 Å². The molecule has 0 saturated heterocycles. The quantitative estimate of drug-likeness (QED) is 0.635. The highest BCUT2D eigenvalue weighted by molar-refractivity contribution is 5.77. The smallest absolute Gasteiger partial charge is 0.236 e. The van der Waals surface area contributed by atoms with Crippen molar-refractivity contribution in [3.05, 3.63) is 30.3 Å². The van der Waals surface area contributed by atoms with E-state index in [2.05, 4.69) is 0 Å². The molecule has 0 bridgehead atoms. The van der Waals surface area contributed by atoms with Crippen LogP contribution in [-0.4, -0.2) is 69.8 Å². The number of rotatable bonds is 9. The van der Waals surface area contributed by atoms with Gasteiger partial charge in [0.2, 0.25) is 5.91 Å². The molecule has 0 N–H and O–H groups in total. The summed E-state index contributed by atoms with van der Waals surface area (Å²) in [7, 11) is 5.42. The number of hydrogen-bond donors (Lipinski definition) is 0. The van der Waals surface area contributed by atoms with Crippen LogP contribution in [0.15, 0.2) is 30.3 Å². The summed E-state index contributed by atoms with van der Waals surface area (Å²) in [6.07, 6.45) is 0. The van der Waals surface area contributed by atoms with E-state index in [9.17, 15) is 4.79 Å². The Kier molecular flexibility index (Phi) is 7.69. The third-order valence-electron chi connectivity index (χ3n) is 2.76. The zero-order valence-corrected chi connectivity index (χ0v) is 12.5. The molecule has 1 amide bonds. The van der Waals surface area contributed by atoms with Crippen LogP contribution in [0.25, 0.3) is 0 Å². The molecule has 1 aromatic rings. The Morgan fingerprint density at radius 2 is 1.75 bits per heavy atom. The van der Waals surface area contributed by atoms with Gasteiger partial charge in [0.25, 0.3) is 0 Å². The molecule has 0 fully saturated rings. The van der Waals surface area contributed by atoms with Gasteiger partial charge in [-0.25, -0.2) is 0 Å². The van der Waals surface area contributed by atoms with Gasteiger partial charge in [-0.3, -0.25) is 9.69 Å². The van der Waals surface area contributed by atoms with E-state index in [1.165, 1.54) is 0 Å². The van der Waals surface area contributed by atoms with Gasteiger partial charge in [-0.2, -0.15) is 0 Å². The first-order valence-electron chi connectivity index (χ1n) is 6.74. The molecule has 1 rings (SSSR count). The number of benzene rings is 1. The van der Waals surface area contributed by atoms with Crippen LogP contribution in [0, 0.1) is 0 Å². The van der Waals surface area contributed by atoms with Crippen molar-refractivity contribution < 1.29 is 14.3 Å². The average molecular weight is 280 g/mol. The Balaban J connectivity index is 2.00. The number of para-hydroxylation sites is 1. The van der Waals surface area contributed by atoms with Gasteiger partial charge in [0.05, 0.1) is 19.8 Å². The van der Waals surface area contributed by atoms with Crippen molar-refractivity contribution in [1.82, 2.24) is 9.80 Å². The van der Waals surface area contributed by atoms with E-state index in [1.54, 1.807) is 19.0 Å². The zero-order valence-electron chi connectivity index (χ0n) is 12.5. The number of likely N-dealkylation sites (N-methyl/N-ethyl adjacent to an activating group) is 2. The van der Waals surface area contributed by atoms with Crippen molar-refractivity contribution in [2.75, 3.05) is 54.1 Å². The first-order valence-corrected chi connectivity index (χ1v) is 6.74. The lowest BCUT2D eigenvalue weighted by Gasteiger charge is -2.18. The van der Waals surface area contributed by atoms with Gasteiger partial charge in [0.1, 0.15) is 12.4 Å². The predicted octanol–water partition coefficient (Wildman–Crippen LogP) is 1.10. The van der Waals surface area contributed by atoms with E-state index in [0.29, 0.717) is 26.4 Å². The number of hydrogen-bond acceptors (Lipinski definition) is 4. The maximum absolute atomic E-state index is 11.5. The maximum atomic E-state index is 11.5. The van der Waals surface area contributed by atoms with E-state index in [4.69, 9.17) is 9.47 Å². The SMILES string of the molecule is CN(CCOCCOc1ccccc1)CC(=O)N(C)C. The Morgan fingerprint density at radius 1 is 1.05 bits per heavy atom. The molecule has 20 heavy (non-hydrogen) atoms. The molecule has 5 heteroatoms. The summed E-state index contributed by atoms with van der Waals surface area (Å²) in [5.41, 5.74) is 0. The minimum absolute atomic E-state index is 0.0971. The summed E-state index contributed by atoms with van der Waals surface area (Å²) >= 11 is 0. The van der Waals surface area contributed by atoms with E-state index in [1.807, 2.05) is 42.3 Å². The highest BCUT2D eigenvalue weighted by atomic mass is 16.5. The first kappa shape index (κ1) is 16.5. The van der Waals surface area contributed by atoms with Crippen molar-refractivity contribution >= 4 is 5.91 Å². The predicted molar refractivity (Wildman–Crippen MR) is 78.9 cm³/mol. The molecule has 0 unspecified atom stereocenters. The van der Waals surface area contributed by atoms with Crippen molar-refractivity contribution in [2.45, 2.75) is 0 Å². The molecular formula is C15H24N2O3. The van der Waals surface area contributed by atoms with Crippen LogP contribution in [0.4, 0.5) is 0 Å². The van der Waals surface area contributed by atoms with Crippen LogP contribution in [-0.2, 0) is 9.53 Å². The summed E-state index contributed by atoms with van der Waals surface area (Å²) in [4.78, 5) is 15.0. The Hall–Kier alpha value is -1.59. The topological polar surface area (TPSA) is 42.0 Å². The lowest BCUT2D eigenvalue weighted by atomic mass is 10.3. The van der Waals surface area contributed by atoms with E-state index < -0.39 is 0 Å². The molecule has 112 valence electrons. The fourth-order valence-corrected chi connectivity index (χ4v) is 1.51. The number of carbonyl (C=O) groups is 1. The number of ether oxygens (including phenoxy) is 2. The van der Waals surface area contributed by atoms with Crippen LogP contribution < -0.4 is 4.74 Å². The standard InChI is InChI=1S/C15H24N2O3/c1-16(2)15(18)13-17(3)9-10-19-11-12-20-14-7-5-4-6-8-14/h4-8H,9-13H2,1-3H3. The van der Waals surface area contributed by atoms with Gasteiger partial charge in [0.15, 0.2) is 0 Å². The van der Waals surface area contributed by atoms with E-state index in [-0.39, 0.29) is 5.91 Å². The molecule has 0 aliphatic rings. The minimum Gasteiger partial charge on any atom is -0.491 e. The third-order valence-corrected chi connectivity index (χ3v) is 2.76. The fourth-order valence-electron chi connectivity index (χ4n) is 1.51. The second-order valence-electron chi connectivity index (χ2n) is 4.80.